The first-order valence-corrected chi connectivity index (χ1v) is 11.4. The Morgan fingerprint density at radius 2 is 1.71 bits per heavy atom. The maximum atomic E-state index is 12.6. The number of nitrogens with zero attached hydrogens (tertiary/aromatic N) is 4. The molecule has 1 amide bonds. The van der Waals surface area contributed by atoms with Gasteiger partial charge in [0.1, 0.15) is 0 Å². The van der Waals surface area contributed by atoms with Gasteiger partial charge in [0.25, 0.3) is 5.56 Å². The Balaban J connectivity index is 1.40. The Bertz CT molecular complexity index is 1470. The summed E-state index contributed by atoms with van der Waals surface area (Å²) in [5.41, 5.74) is 2.15. The highest BCUT2D eigenvalue weighted by atomic mass is 32.2. The van der Waals surface area contributed by atoms with Crippen LogP contribution in [0.15, 0.2) is 80.8 Å². The number of methoxy groups -OCH3 is 1. The van der Waals surface area contributed by atoms with Crippen LogP contribution in [0, 0.1) is 6.92 Å². The summed E-state index contributed by atoms with van der Waals surface area (Å²) in [4.78, 5) is 48.1. The summed E-state index contributed by atoms with van der Waals surface area (Å²) in [6.45, 7) is 1.68. The van der Waals surface area contributed by atoms with E-state index in [9.17, 15) is 14.4 Å². The van der Waals surface area contributed by atoms with Crippen molar-refractivity contribution in [2.75, 3.05) is 18.2 Å². The van der Waals surface area contributed by atoms with Crippen molar-refractivity contribution in [1.29, 1.82) is 0 Å². The minimum atomic E-state index is -0.653. The van der Waals surface area contributed by atoms with Crippen LogP contribution in [0.5, 0.6) is 0 Å². The van der Waals surface area contributed by atoms with E-state index in [0.717, 1.165) is 17.4 Å². The highest BCUT2D eigenvalue weighted by Gasteiger charge is 2.18. The van der Waals surface area contributed by atoms with Gasteiger partial charge in [-0.3, -0.25) is 9.59 Å². The predicted molar refractivity (Wildman–Crippen MR) is 133 cm³/mol. The van der Waals surface area contributed by atoms with Crippen LogP contribution in [-0.4, -0.2) is 39.7 Å². The molecule has 0 spiro atoms. The molecule has 4 aromatic rings. The first kappa shape index (κ1) is 23.8. The molecule has 0 radical (unpaired) electrons. The molecule has 11 heteroatoms. The molecule has 2 heterocycles. The number of anilines is 1. The van der Waals surface area contributed by atoms with E-state index in [1.54, 1.807) is 31.2 Å². The van der Waals surface area contributed by atoms with Gasteiger partial charge in [-0.05, 0) is 49.4 Å². The number of fused-ring (bicyclic) bond motifs is 1. The quantitative estimate of drug-likeness (QED) is 0.168. The number of amides is 1. The third-order valence-corrected chi connectivity index (χ3v) is 5.59. The number of benzene rings is 2. The Kier molecular flexibility index (Phi) is 7.27. The minimum Gasteiger partial charge on any atom is -0.465 e. The Hall–Kier alpha value is -4.38. The lowest BCUT2D eigenvalue weighted by molar-refractivity contribution is -0.113. The number of esters is 1. The van der Waals surface area contributed by atoms with E-state index in [0.29, 0.717) is 17.1 Å². The highest BCUT2D eigenvalue weighted by molar-refractivity contribution is 7.99. The van der Waals surface area contributed by atoms with Crippen molar-refractivity contribution in [1.82, 2.24) is 15.0 Å². The van der Waals surface area contributed by atoms with E-state index in [-0.39, 0.29) is 33.4 Å². The molecule has 0 saturated carbocycles. The second-order valence-electron chi connectivity index (χ2n) is 7.29. The molecule has 0 unspecified atom stereocenters. The van der Waals surface area contributed by atoms with Crippen LogP contribution in [0.1, 0.15) is 16.1 Å². The Labute approximate surface area is 203 Å². The molecule has 0 atom stereocenters. The molecule has 2 aromatic heterocycles. The number of azo groups is 1. The summed E-state index contributed by atoms with van der Waals surface area (Å²) in [6.07, 6.45) is 0. The molecule has 0 saturated heterocycles. The van der Waals surface area contributed by atoms with Gasteiger partial charge in [0.15, 0.2) is 10.8 Å². The number of aryl methyl sites for hydroxylation is 1. The zero-order chi connectivity index (χ0) is 24.8. The molecular formula is C24H20N6O4S. The number of thioether (sulfide) groups is 1. The van der Waals surface area contributed by atoms with Gasteiger partial charge in [-0.2, -0.15) is 10.2 Å². The lowest BCUT2D eigenvalue weighted by Crippen LogP contribution is -2.17. The lowest BCUT2D eigenvalue weighted by atomic mass is 10.1. The van der Waals surface area contributed by atoms with E-state index >= 15 is 0 Å². The number of aromatic nitrogens is 3. The zero-order valence-corrected chi connectivity index (χ0v) is 19.6. The first-order valence-electron chi connectivity index (χ1n) is 10.4. The van der Waals surface area contributed by atoms with E-state index in [1.165, 1.54) is 13.2 Å². The van der Waals surface area contributed by atoms with Gasteiger partial charge in [0, 0.05) is 11.4 Å². The number of H-pyrrole nitrogens is 1. The smallest absolute Gasteiger partial charge is 0.338 e. The number of rotatable bonds is 7. The number of carbonyl (C=O) groups is 2. The minimum absolute atomic E-state index is 0.000409. The molecule has 4 rings (SSSR count). The van der Waals surface area contributed by atoms with E-state index in [2.05, 4.69) is 30.5 Å². The topological polar surface area (TPSA) is 139 Å². The summed E-state index contributed by atoms with van der Waals surface area (Å²) >= 11 is 1.04. The number of hydrogen-bond acceptors (Lipinski definition) is 9. The molecule has 0 aliphatic rings. The molecule has 176 valence electrons. The number of pyridine rings is 1. The summed E-state index contributed by atoms with van der Waals surface area (Å²) < 4.78 is 4.74. The molecule has 10 nitrogen and oxygen atoms in total. The average molecular weight is 489 g/mol. The maximum absolute atomic E-state index is 12.6. The van der Waals surface area contributed by atoms with Crippen LogP contribution >= 0.6 is 11.8 Å². The van der Waals surface area contributed by atoms with Gasteiger partial charge in [-0.15, -0.1) is 0 Å². The third-order valence-electron chi connectivity index (χ3n) is 4.72. The Morgan fingerprint density at radius 3 is 2.40 bits per heavy atom. The largest absolute Gasteiger partial charge is 0.465 e. The number of nitrogens with one attached hydrogen (secondary N) is 2. The van der Waals surface area contributed by atoms with Crippen molar-refractivity contribution in [3.63, 3.8) is 0 Å². The molecule has 0 aliphatic carbocycles. The number of hydrogen-bond donors (Lipinski definition) is 2. The zero-order valence-electron chi connectivity index (χ0n) is 18.8. The van der Waals surface area contributed by atoms with E-state index in [1.807, 2.05) is 30.3 Å². The second kappa shape index (κ2) is 10.7. The molecule has 0 fully saturated rings. The third kappa shape index (κ3) is 5.95. The first-order chi connectivity index (χ1) is 16.9. The molecule has 0 bridgehead atoms. The van der Waals surface area contributed by atoms with Crippen LogP contribution in [0.2, 0.25) is 0 Å². The average Bonchev–Trinajstić information content (AvgIpc) is 2.86. The fourth-order valence-electron chi connectivity index (χ4n) is 3.14. The fraction of sp³-hybridized carbons (Fsp3) is 0.125. The standard InChI is InChI=1S/C24H20N6O4S/c1-14-12-18(23(33)34-2)20-21(25-14)27-24(28-22(20)32)35-13-19(31)26-15-8-10-17(11-9-15)30-29-16-6-4-3-5-7-16/h3-12H,13H2,1-2H3,(H,26,31)(H,25,27,28,32). The van der Waals surface area contributed by atoms with Crippen LogP contribution in [0.3, 0.4) is 0 Å². The van der Waals surface area contributed by atoms with Gasteiger partial charge >= 0.3 is 5.97 Å². The van der Waals surface area contributed by atoms with Crippen LogP contribution in [0.4, 0.5) is 17.1 Å². The van der Waals surface area contributed by atoms with Crippen LogP contribution in [0.25, 0.3) is 11.0 Å². The summed E-state index contributed by atoms with van der Waals surface area (Å²) in [5, 5.41) is 11.3. The van der Waals surface area contributed by atoms with Crippen molar-refractivity contribution in [3.8, 4) is 0 Å². The molecule has 35 heavy (non-hydrogen) atoms. The van der Waals surface area contributed by atoms with Gasteiger partial charge in [0.2, 0.25) is 5.91 Å². The lowest BCUT2D eigenvalue weighted by Gasteiger charge is -2.07. The van der Waals surface area contributed by atoms with Crippen molar-refractivity contribution < 1.29 is 14.3 Å². The van der Waals surface area contributed by atoms with Gasteiger partial charge < -0.3 is 15.0 Å². The number of carbonyl (C=O) groups excluding carboxylic acids is 2. The van der Waals surface area contributed by atoms with Crippen molar-refractivity contribution in [3.05, 3.63) is 82.3 Å². The summed E-state index contributed by atoms with van der Waals surface area (Å²) in [6, 6.07) is 17.8. The van der Waals surface area contributed by atoms with Gasteiger partial charge in [-0.1, -0.05) is 30.0 Å². The second-order valence-corrected chi connectivity index (χ2v) is 8.26. The van der Waals surface area contributed by atoms with E-state index < -0.39 is 11.5 Å². The van der Waals surface area contributed by atoms with Crippen molar-refractivity contribution in [2.45, 2.75) is 12.1 Å². The van der Waals surface area contributed by atoms with Gasteiger partial charge in [-0.25, -0.2) is 14.8 Å². The van der Waals surface area contributed by atoms with Crippen LogP contribution < -0.4 is 10.9 Å². The maximum Gasteiger partial charge on any atom is 0.338 e. The Morgan fingerprint density at radius 1 is 1.03 bits per heavy atom. The fourth-order valence-corrected chi connectivity index (χ4v) is 3.79. The van der Waals surface area contributed by atoms with E-state index in [4.69, 9.17) is 4.74 Å². The number of aromatic amines is 1. The van der Waals surface area contributed by atoms with Crippen molar-refractivity contribution >= 4 is 51.7 Å². The van der Waals surface area contributed by atoms with Crippen LogP contribution in [-0.2, 0) is 9.53 Å². The molecular weight excluding hydrogens is 468 g/mol. The highest BCUT2D eigenvalue weighted by Crippen LogP contribution is 2.21. The summed E-state index contributed by atoms with van der Waals surface area (Å²) in [7, 11) is 1.23. The number of ether oxygens (including phenoxy) is 1. The van der Waals surface area contributed by atoms with Crippen molar-refractivity contribution in [2.24, 2.45) is 10.2 Å². The normalized spacial score (nSPS) is 11.0. The van der Waals surface area contributed by atoms with Gasteiger partial charge in [0.05, 0.1) is 35.2 Å². The molecule has 2 aromatic carbocycles. The molecule has 0 aliphatic heterocycles. The molecule has 2 N–H and O–H groups in total. The SMILES string of the molecule is COC(=O)c1cc(C)nc2nc(SCC(=O)Nc3ccc(N=Nc4ccccc4)cc3)[nH]c(=O)c12. The monoisotopic (exact) mass is 488 g/mol. The predicted octanol–water partition coefficient (Wildman–Crippen LogP) is 4.56. The summed E-state index contributed by atoms with van der Waals surface area (Å²) in [5.74, 6) is -0.941.